The summed E-state index contributed by atoms with van der Waals surface area (Å²) in [6, 6.07) is 0. The molecule has 3 heterocycles. The fourth-order valence-electron chi connectivity index (χ4n) is 6.77. The summed E-state index contributed by atoms with van der Waals surface area (Å²) in [5.74, 6) is -4.45. The molecule has 10 nitrogen and oxygen atoms in total. The molecule has 11 atom stereocenters. The van der Waals surface area contributed by atoms with Gasteiger partial charge in [0.05, 0.1) is 11.3 Å². The van der Waals surface area contributed by atoms with Crippen LogP contribution >= 0.6 is 11.6 Å². The summed E-state index contributed by atoms with van der Waals surface area (Å²) in [7, 11) is 0. The predicted octanol–water partition coefficient (Wildman–Crippen LogP) is 1.99. The Morgan fingerprint density at radius 2 is 1.68 bits per heavy atom. The SMILES string of the molecule is C=C1C(Cl)C2OC(=O)C(C)C23OC1C(OC(C)=O)C(O)C1(C)C(OC(C)=O)CCC(=C)C1C3OC(C)=O. The van der Waals surface area contributed by atoms with Crippen molar-refractivity contribution >= 4 is 35.5 Å². The standard InChI is InChI=1S/C26H33ClO10/c1-10-8-9-16(33-13(4)28)25(7)17(10)22(35-15(6)30)26-12(3)24(32)36-23(26)18(27)11(2)19(37-26)20(21(25)31)34-14(5)29/h12,16-23,31H,1-2,8-9H2,3-7H3. The number of esters is 4. The molecule has 1 spiro atoms. The number of halogens is 1. The van der Waals surface area contributed by atoms with Crippen LogP contribution in [0.15, 0.2) is 24.3 Å². The Labute approximate surface area is 220 Å². The monoisotopic (exact) mass is 540 g/mol. The zero-order valence-electron chi connectivity index (χ0n) is 21.5. The smallest absolute Gasteiger partial charge is 0.312 e. The number of rotatable bonds is 3. The van der Waals surface area contributed by atoms with Crippen molar-refractivity contribution in [1.29, 1.82) is 0 Å². The lowest BCUT2D eigenvalue weighted by Gasteiger charge is -2.61. The van der Waals surface area contributed by atoms with Crippen LogP contribution in [0.1, 0.15) is 47.5 Å². The van der Waals surface area contributed by atoms with Crippen LogP contribution < -0.4 is 0 Å². The molecular weight excluding hydrogens is 508 g/mol. The maximum atomic E-state index is 13.0. The van der Waals surface area contributed by atoms with Gasteiger partial charge in [-0.15, -0.1) is 11.6 Å². The van der Waals surface area contributed by atoms with E-state index in [0.717, 1.165) is 0 Å². The van der Waals surface area contributed by atoms with Crippen molar-refractivity contribution < 1.29 is 48.0 Å². The van der Waals surface area contributed by atoms with Crippen LogP contribution in [0, 0.1) is 17.3 Å². The first-order valence-corrected chi connectivity index (χ1v) is 12.7. The highest BCUT2D eigenvalue weighted by atomic mass is 35.5. The van der Waals surface area contributed by atoms with Crippen LogP contribution in [-0.2, 0) is 42.9 Å². The lowest BCUT2D eigenvalue weighted by Crippen LogP contribution is -2.75. The van der Waals surface area contributed by atoms with E-state index in [1.807, 2.05) is 0 Å². The van der Waals surface area contributed by atoms with Crippen LogP contribution in [-0.4, -0.2) is 76.6 Å². The van der Waals surface area contributed by atoms with Gasteiger partial charge in [-0.2, -0.15) is 0 Å². The second kappa shape index (κ2) is 9.39. The second-order valence-corrected chi connectivity index (χ2v) is 11.1. The van der Waals surface area contributed by atoms with Crippen molar-refractivity contribution in [3.63, 3.8) is 0 Å². The van der Waals surface area contributed by atoms with Crippen LogP contribution in [0.2, 0.25) is 0 Å². The van der Waals surface area contributed by atoms with Gasteiger partial charge in [0.25, 0.3) is 0 Å². The number of carbonyl (C=O) groups is 4. The summed E-state index contributed by atoms with van der Waals surface area (Å²) in [5, 5.41) is 11.0. The summed E-state index contributed by atoms with van der Waals surface area (Å²) < 4.78 is 29.5. The van der Waals surface area contributed by atoms with E-state index in [1.165, 1.54) is 20.8 Å². The summed E-state index contributed by atoms with van der Waals surface area (Å²) in [6.45, 7) is 15.1. The number of fused-ring (bicyclic) bond motifs is 2. The van der Waals surface area contributed by atoms with Crippen molar-refractivity contribution in [3.8, 4) is 0 Å². The van der Waals surface area contributed by atoms with Gasteiger partial charge in [-0.25, -0.2) is 0 Å². The average molecular weight is 541 g/mol. The molecule has 0 aromatic heterocycles. The van der Waals surface area contributed by atoms with Crippen LogP contribution in [0.4, 0.5) is 0 Å². The molecule has 0 aromatic carbocycles. The number of hydrogen-bond donors (Lipinski definition) is 1. The average Bonchev–Trinajstić information content (AvgIpc) is 3.05. The minimum Gasteiger partial charge on any atom is -0.462 e. The van der Waals surface area contributed by atoms with Gasteiger partial charge in [0.1, 0.15) is 24.4 Å². The Kier molecular flexibility index (Phi) is 7.01. The highest BCUT2D eigenvalue weighted by Crippen LogP contribution is 2.60. The van der Waals surface area contributed by atoms with Gasteiger partial charge in [-0.1, -0.05) is 25.7 Å². The van der Waals surface area contributed by atoms with E-state index in [9.17, 15) is 24.3 Å². The van der Waals surface area contributed by atoms with Crippen LogP contribution in [0.25, 0.3) is 0 Å². The molecule has 3 saturated heterocycles. The number of aliphatic hydroxyl groups excluding tert-OH is 1. The van der Waals surface area contributed by atoms with E-state index in [1.54, 1.807) is 13.8 Å². The molecule has 11 unspecified atom stereocenters. The summed E-state index contributed by atoms with van der Waals surface area (Å²) in [4.78, 5) is 49.9. The molecule has 4 rings (SSSR count). The van der Waals surface area contributed by atoms with Gasteiger partial charge in [0.2, 0.25) is 0 Å². The molecule has 1 N–H and O–H groups in total. The zero-order chi connectivity index (χ0) is 27.6. The van der Waals surface area contributed by atoms with Crippen molar-refractivity contribution in [3.05, 3.63) is 24.3 Å². The maximum absolute atomic E-state index is 13.0. The highest BCUT2D eigenvalue weighted by Gasteiger charge is 2.75. The Hall–Kier alpha value is -2.43. The van der Waals surface area contributed by atoms with E-state index in [2.05, 4.69) is 13.2 Å². The number of alkyl halides is 1. The Morgan fingerprint density at radius 1 is 1.08 bits per heavy atom. The highest BCUT2D eigenvalue weighted by molar-refractivity contribution is 6.23. The summed E-state index contributed by atoms with van der Waals surface area (Å²) in [6.07, 6.45) is -6.58. The Morgan fingerprint density at radius 3 is 2.24 bits per heavy atom. The first kappa shape index (κ1) is 27.6. The Balaban J connectivity index is 2.05. The molecule has 4 aliphatic rings. The third-order valence-corrected chi connectivity index (χ3v) is 8.97. The topological polar surface area (TPSA) is 135 Å². The first-order chi connectivity index (χ1) is 17.2. The van der Waals surface area contributed by atoms with Crippen molar-refractivity contribution in [2.75, 3.05) is 0 Å². The molecule has 2 bridgehead atoms. The van der Waals surface area contributed by atoms with Gasteiger partial charge in [-0.05, 0) is 25.3 Å². The van der Waals surface area contributed by atoms with Gasteiger partial charge >= 0.3 is 23.9 Å². The van der Waals surface area contributed by atoms with Gasteiger partial charge < -0.3 is 28.8 Å². The van der Waals surface area contributed by atoms with Crippen molar-refractivity contribution in [2.45, 2.75) is 95.1 Å². The summed E-state index contributed by atoms with van der Waals surface area (Å²) >= 11 is 6.81. The predicted molar refractivity (Wildman–Crippen MR) is 128 cm³/mol. The van der Waals surface area contributed by atoms with E-state index < -0.39 is 88.7 Å². The van der Waals surface area contributed by atoms with Crippen LogP contribution in [0.3, 0.4) is 0 Å². The summed E-state index contributed by atoms with van der Waals surface area (Å²) in [5.41, 5.74) is -2.25. The van der Waals surface area contributed by atoms with Gasteiger partial charge in [0.15, 0.2) is 17.8 Å². The molecular formula is C26H33ClO10. The van der Waals surface area contributed by atoms with E-state index in [-0.39, 0.29) is 5.57 Å². The van der Waals surface area contributed by atoms with Gasteiger partial charge in [-0.3, -0.25) is 19.2 Å². The number of aliphatic hydroxyl groups is 1. The molecule has 3 aliphatic heterocycles. The van der Waals surface area contributed by atoms with Crippen LogP contribution in [0.5, 0.6) is 0 Å². The normalized spacial score (nSPS) is 44.9. The first-order valence-electron chi connectivity index (χ1n) is 12.3. The fraction of sp³-hybridized carbons (Fsp3) is 0.692. The largest absolute Gasteiger partial charge is 0.462 e. The molecule has 37 heavy (non-hydrogen) atoms. The fourth-order valence-corrected chi connectivity index (χ4v) is 7.14. The molecule has 0 radical (unpaired) electrons. The molecule has 0 aromatic rings. The van der Waals surface area contributed by atoms with E-state index >= 15 is 0 Å². The van der Waals surface area contributed by atoms with Crippen molar-refractivity contribution in [2.24, 2.45) is 17.3 Å². The molecule has 4 fully saturated rings. The molecule has 204 valence electrons. The van der Waals surface area contributed by atoms with E-state index in [4.69, 9.17) is 35.3 Å². The minimum absolute atomic E-state index is 0.219. The number of carbonyl (C=O) groups excluding carboxylic acids is 4. The lowest BCUT2D eigenvalue weighted by molar-refractivity contribution is -0.292. The molecule has 11 heteroatoms. The maximum Gasteiger partial charge on any atom is 0.312 e. The third-order valence-electron chi connectivity index (χ3n) is 8.46. The quantitative estimate of drug-likeness (QED) is 0.245. The second-order valence-electron chi connectivity index (χ2n) is 10.6. The number of hydrogen-bond acceptors (Lipinski definition) is 10. The number of ether oxygens (including phenoxy) is 5. The molecule has 1 aliphatic carbocycles. The van der Waals surface area contributed by atoms with Crippen molar-refractivity contribution in [1.82, 2.24) is 0 Å². The van der Waals surface area contributed by atoms with Gasteiger partial charge in [0, 0.05) is 32.1 Å². The molecule has 1 saturated carbocycles. The third kappa shape index (κ3) is 3.99. The van der Waals surface area contributed by atoms with E-state index in [0.29, 0.717) is 18.4 Å². The zero-order valence-corrected chi connectivity index (χ0v) is 22.3. The minimum atomic E-state index is -1.65. The Bertz CT molecular complexity index is 1060. The lowest BCUT2D eigenvalue weighted by atomic mass is 9.53. The molecule has 0 amide bonds.